The molecule has 2 aromatic rings. The van der Waals surface area contributed by atoms with Crippen LogP contribution < -0.4 is 5.32 Å². The maximum Gasteiger partial charge on any atom is 0.408 e. The summed E-state index contributed by atoms with van der Waals surface area (Å²) in [4.78, 5) is 24.1. The molecule has 0 saturated heterocycles. The van der Waals surface area contributed by atoms with E-state index < -0.39 is 23.7 Å². The Labute approximate surface area is 186 Å². The third-order valence-corrected chi connectivity index (χ3v) is 4.49. The third-order valence-electron chi connectivity index (χ3n) is 3.87. The Balaban J connectivity index is 2.11. The van der Waals surface area contributed by atoms with Crippen LogP contribution in [0.5, 0.6) is 0 Å². The van der Waals surface area contributed by atoms with Crippen molar-refractivity contribution < 1.29 is 19.1 Å². The summed E-state index contributed by atoms with van der Waals surface area (Å²) in [5.74, 6) is 5.43. The number of benzene rings is 2. The molecule has 1 amide bonds. The summed E-state index contributed by atoms with van der Waals surface area (Å²) in [5.41, 5.74) is 1.47. The monoisotopic (exact) mass is 447 g/mol. The molecule has 158 valence electrons. The van der Waals surface area contributed by atoms with Crippen molar-refractivity contribution in [3.05, 3.63) is 69.2 Å². The van der Waals surface area contributed by atoms with Crippen LogP contribution in [-0.2, 0) is 20.7 Å². The lowest BCUT2D eigenvalue weighted by Crippen LogP contribution is -2.45. The summed E-state index contributed by atoms with van der Waals surface area (Å²) in [6.45, 7) is 5.24. The van der Waals surface area contributed by atoms with Crippen molar-refractivity contribution in [3.8, 4) is 11.8 Å². The van der Waals surface area contributed by atoms with Gasteiger partial charge in [0.2, 0.25) is 0 Å². The molecule has 0 spiro atoms. The zero-order valence-electron chi connectivity index (χ0n) is 17.2. The van der Waals surface area contributed by atoms with Crippen molar-refractivity contribution >= 4 is 35.3 Å². The van der Waals surface area contributed by atoms with Crippen LogP contribution in [0.2, 0.25) is 10.0 Å². The number of nitrogens with one attached hydrogen (secondary N) is 1. The second-order valence-corrected chi connectivity index (χ2v) is 8.28. The van der Waals surface area contributed by atoms with Gasteiger partial charge in [0.05, 0.1) is 22.7 Å². The normalized spacial score (nSPS) is 11.7. The minimum Gasteiger partial charge on any atom is -0.467 e. The molecule has 0 aliphatic carbocycles. The zero-order chi connectivity index (χ0) is 22.3. The van der Waals surface area contributed by atoms with Crippen LogP contribution >= 0.6 is 23.2 Å². The molecule has 2 aromatic carbocycles. The quantitative estimate of drug-likeness (QED) is 0.528. The molecule has 7 heteroatoms. The molecule has 0 aromatic heterocycles. The Kier molecular flexibility index (Phi) is 8.16. The Bertz CT molecular complexity index is 949. The summed E-state index contributed by atoms with van der Waals surface area (Å²) in [7, 11) is 1.27. The third kappa shape index (κ3) is 7.29. The van der Waals surface area contributed by atoms with Crippen molar-refractivity contribution in [2.24, 2.45) is 0 Å². The van der Waals surface area contributed by atoms with Crippen molar-refractivity contribution in [1.29, 1.82) is 0 Å². The summed E-state index contributed by atoms with van der Waals surface area (Å²) in [5, 5.41) is 3.53. The zero-order valence-corrected chi connectivity index (χ0v) is 18.7. The van der Waals surface area contributed by atoms with Crippen molar-refractivity contribution in [2.75, 3.05) is 7.11 Å². The molecule has 0 unspecified atom stereocenters. The number of rotatable bonds is 4. The molecular formula is C23H23Cl2NO4. The van der Waals surface area contributed by atoms with Gasteiger partial charge in [0, 0.05) is 12.0 Å². The predicted molar refractivity (Wildman–Crippen MR) is 118 cm³/mol. The van der Waals surface area contributed by atoms with Crippen LogP contribution in [0.3, 0.4) is 0 Å². The topological polar surface area (TPSA) is 64.6 Å². The van der Waals surface area contributed by atoms with Crippen LogP contribution in [0.4, 0.5) is 4.79 Å². The van der Waals surface area contributed by atoms with Crippen LogP contribution in [0.15, 0.2) is 42.5 Å². The van der Waals surface area contributed by atoms with E-state index in [4.69, 9.17) is 32.7 Å². The number of halogens is 2. The maximum absolute atomic E-state index is 12.1. The molecule has 0 radical (unpaired) electrons. The molecule has 0 heterocycles. The number of ether oxygens (including phenoxy) is 2. The average Bonchev–Trinajstić information content (AvgIpc) is 2.66. The number of carbonyl (C=O) groups is 2. The van der Waals surface area contributed by atoms with Crippen molar-refractivity contribution in [2.45, 2.75) is 38.8 Å². The van der Waals surface area contributed by atoms with Crippen LogP contribution in [0.1, 0.15) is 37.5 Å². The molecule has 0 aliphatic heterocycles. The molecule has 0 bridgehead atoms. The van der Waals surface area contributed by atoms with Crippen LogP contribution in [0.25, 0.3) is 0 Å². The Morgan fingerprint density at radius 1 is 1.03 bits per heavy atom. The lowest BCUT2D eigenvalue weighted by Gasteiger charge is -2.22. The van der Waals surface area contributed by atoms with E-state index in [2.05, 4.69) is 17.2 Å². The number of amides is 1. The molecule has 1 atom stereocenters. The summed E-state index contributed by atoms with van der Waals surface area (Å²) < 4.78 is 10.0. The number of carbonyl (C=O) groups excluding carboxylic acids is 2. The smallest absolute Gasteiger partial charge is 0.408 e. The molecular weight excluding hydrogens is 425 g/mol. The first kappa shape index (κ1) is 23.6. The van der Waals surface area contributed by atoms with Gasteiger partial charge in [-0.1, -0.05) is 53.2 Å². The van der Waals surface area contributed by atoms with E-state index >= 15 is 0 Å². The number of hydrogen-bond acceptors (Lipinski definition) is 4. The maximum atomic E-state index is 12.1. The summed E-state index contributed by atoms with van der Waals surface area (Å²) in [6, 6.07) is 11.6. The van der Waals surface area contributed by atoms with Gasteiger partial charge in [0.25, 0.3) is 0 Å². The SMILES string of the molecule is COC(=O)[C@H](Cc1ccc(C#Cc2c(Cl)cccc2Cl)cc1)NC(=O)OC(C)(C)C. The van der Waals surface area contributed by atoms with Gasteiger partial charge in [0.15, 0.2) is 0 Å². The molecule has 30 heavy (non-hydrogen) atoms. The first-order chi connectivity index (χ1) is 14.1. The number of methoxy groups -OCH3 is 1. The highest BCUT2D eigenvalue weighted by Crippen LogP contribution is 2.23. The van der Waals surface area contributed by atoms with E-state index in [1.807, 2.05) is 24.3 Å². The minimum absolute atomic E-state index is 0.246. The summed E-state index contributed by atoms with van der Waals surface area (Å²) in [6.07, 6.45) is -0.437. The molecule has 2 rings (SSSR count). The van der Waals surface area contributed by atoms with Gasteiger partial charge in [-0.2, -0.15) is 0 Å². The lowest BCUT2D eigenvalue weighted by molar-refractivity contribution is -0.143. The van der Waals surface area contributed by atoms with Gasteiger partial charge < -0.3 is 14.8 Å². The van der Waals surface area contributed by atoms with Gasteiger partial charge in [-0.05, 0) is 50.6 Å². The number of esters is 1. The number of alkyl carbamates (subject to hydrolysis) is 1. The van der Waals surface area contributed by atoms with Crippen molar-refractivity contribution in [1.82, 2.24) is 5.32 Å². The second kappa shape index (κ2) is 10.4. The van der Waals surface area contributed by atoms with E-state index in [0.717, 1.165) is 11.1 Å². The summed E-state index contributed by atoms with van der Waals surface area (Å²) >= 11 is 12.3. The molecule has 0 aliphatic rings. The molecule has 0 saturated carbocycles. The lowest BCUT2D eigenvalue weighted by atomic mass is 10.0. The highest BCUT2D eigenvalue weighted by Gasteiger charge is 2.25. The Morgan fingerprint density at radius 2 is 1.63 bits per heavy atom. The molecule has 1 N–H and O–H groups in total. The van der Waals surface area contributed by atoms with Gasteiger partial charge >= 0.3 is 12.1 Å². The van der Waals surface area contributed by atoms with Gasteiger partial charge in [0.1, 0.15) is 11.6 Å². The van der Waals surface area contributed by atoms with Gasteiger partial charge in [-0.25, -0.2) is 9.59 Å². The van der Waals surface area contributed by atoms with E-state index in [9.17, 15) is 9.59 Å². The highest BCUT2D eigenvalue weighted by molar-refractivity contribution is 6.36. The van der Waals surface area contributed by atoms with E-state index in [1.165, 1.54) is 7.11 Å². The largest absolute Gasteiger partial charge is 0.467 e. The predicted octanol–water partition coefficient (Wildman–Crippen LogP) is 5.00. The first-order valence-corrected chi connectivity index (χ1v) is 9.97. The van der Waals surface area contributed by atoms with Gasteiger partial charge in [-0.3, -0.25) is 0 Å². The standard InChI is InChI=1S/C23H23Cl2NO4/c1-23(2,3)30-22(28)26-20(21(27)29-4)14-16-10-8-15(9-11-16)12-13-17-18(24)6-5-7-19(17)25/h5-11,20H,14H2,1-4H3,(H,26,28)/t20-/m0/s1. The average molecular weight is 448 g/mol. The van der Waals surface area contributed by atoms with Crippen molar-refractivity contribution in [3.63, 3.8) is 0 Å². The number of hydrogen-bond donors (Lipinski definition) is 1. The highest BCUT2D eigenvalue weighted by atomic mass is 35.5. The Morgan fingerprint density at radius 3 is 2.17 bits per heavy atom. The fourth-order valence-corrected chi connectivity index (χ4v) is 2.99. The fraction of sp³-hybridized carbons (Fsp3) is 0.304. The van der Waals surface area contributed by atoms with Gasteiger partial charge in [-0.15, -0.1) is 0 Å². The molecule has 0 fully saturated rings. The first-order valence-electron chi connectivity index (χ1n) is 9.21. The minimum atomic E-state index is -0.872. The van der Waals surface area contributed by atoms with Crippen LogP contribution in [0, 0.1) is 11.8 Å². The van der Waals surface area contributed by atoms with Crippen LogP contribution in [-0.4, -0.2) is 30.8 Å². The molecule has 5 nitrogen and oxygen atoms in total. The van der Waals surface area contributed by atoms with E-state index in [0.29, 0.717) is 15.6 Å². The Hall–Kier alpha value is -2.68. The van der Waals surface area contributed by atoms with E-state index in [-0.39, 0.29) is 6.42 Å². The fourth-order valence-electron chi connectivity index (χ4n) is 2.50. The van der Waals surface area contributed by atoms with E-state index in [1.54, 1.807) is 39.0 Å². The second-order valence-electron chi connectivity index (χ2n) is 7.47.